The third-order valence-electron chi connectivity index (χ3n) is 4.40. The molecule has 1 aliphatic heterocycles. The Hall–Kier alpha value is -1.55. The molecule has 1 amide bonds. The molecule has 0 spiro atoms. The molecule has 21 heavy (non-hydrogen) atoms. The van der Waals surface area contributed by atoms with Crippen LogP contribution in [-0.2, 0) is 0 Å². The van der Waals surface area contributed by atoms with E-state index in [0.29, 0.717) is 23.3 Å². The summed E-state index contributed by atoms with van der Waals surface area (Å²) in [7, 11) is 1.62. The van der Waals surface area contributed by atoms with E-state index in [-0.39, 0.29) is 5.91 Å². The van der Waals surface area contributed by atoms with Crippen molar-refractivity contribution in [2.24, 2.45) is 5.92 Å². The summed E-state index contributed by atoms with van der Waals surface area (Å²) in [5, 5.41) is 3.49. The topological polar surface area (TPSA) is 41.6 Å². The quantitative estimate of drug-likeness (QED) is 0.873. The van der Waals surface area contributed by atoms with Crippen LogP contribution in [0.4, 0.5) is 0 Å². The first-order valence-electron chi connectivity index (χ1n) is 7.93. The van der Waals surface area contributed by atoms with Crippen molar-refractivity contribution in [3.8, 4) is 5.75 Å². The number of para-hydroxylation sites is 1. The number of nitrogens with one attached hydrogen (secondary N) is 1. The molecule has 1 aromatic carbocycles. The van der Waals surface area contributed by atoms with Crippen molar-refractivity contribution in [3.63, 3.8) is 0 Å². The van der Waals surface area contributed by atoms with Gasteiger partial charge in [0.15, 0.2) is 0 Å². The maximum absolute atomic E-state index is 12.9. The van der Waals surface area contributed by atoms with Gasteiger partial charge < -0.3 is 15.0 Å². The Morgan fingerprint density at radius 1 is 1.29 bits per heavy atom. The lowest BCUT2D eigenvalue weighted by Crippen LogP contribution is -2.42. The van der Waals surface area contributed by atoms with Crippen LogP contribution >= 0.6 is 0 Å². The molecule has 1 saturated carbocycles. The second-order valence-corrected chi connectivity index (χ2v) is 6.15. The second-order valence-electron chi connectivity index (χ2n) is 6.15. The van der Waals surface area contributed by atoms with E-state index in [0.717, 1.165) is 19.6 Å². The minimum Gasteiger partial charge on any atom is -0.496 e. The molecule has 0 aromatic heterocycles. The molecule has 4 nitrogen and oxygen atoms in total. The Morgan fingerprint density at radius 3 is 2.76 bits per heavy atom. The van der Waals surface area contributed by atoms with Crippen LogP contribution in [0.25, 0.3) is 0 Å². The number of ether oxygens (including phenoxy) is 1. The van der Waals surface area contributed by atoms with Crippen molar-refractivity contribution >= 4 is 5.91 Å². The highest BCUT2D eigenvalue weighted by atomic mass is 16.5. The summed E-state index contributed by atoms with van der Waals surface area (Å²) in [6.45, 7) is 2.77. The molecule has 1 N–H and O–H groups in total. The summed E-state index contributed by atoms with van der Waals surface area (Å²) >= 11 is 0. The van der Waals surface area contributed by atoms with E-state index in [2.05, 4.69) is 5.32 Å². The van der Waals surface area contributed by atoms with Crippen LogP contribution in [0.3, 0.4) is 0 Å². The predicted octanol–water partition coefficient (Wildman–Crippen LogP) is 2.30. The van der Waals surface area contributed by atoms with Gasteiger partial charge in [-0.05, 0) is 50.3 Å². The minimum absolute atomic E-state index is 0.105. The Kier molecular flexibility index (Phi) is 4.44. The molecule has 1 unspecified atom stereocenters. The largest absolute Gasteiger partial charge is 0.496 e. The smallest absolute Gasteiger partial charge is 0.257 e. The van der Waals surface area contributed by atoms with Crippen molar-refractivity contribution in [3.05, 3.63) is 29.8 Å². The van der Waals surface area contributed by atoms with Crippen molar-refractivity contribution in [2.75, 3.05) is 26.7 Å². The molecule has 2 aliphatic rings. The van der Waals surface area contributed by atoms with Crippen molar-refractivity contribution in [1.82, 2.24) is 10.2 Å². The summed E-state index contributed by atoms with van der Waals surface area (Å²) in [6.07, 6.45) is 4.90. The van der Waals surface area contributed by atoms with Gasteiger partial charge in [-0.25, -0.2) is 0 Å². The molecule has 1 saturated heterocycles. The van der Waals surface area contributed by atoms with Crippen LogP contribution in [-0.4, -0.2) is 43.6 Å². The van der Waals surface area contributed by atoms with Crippen molar-refractivity contribution in [2.45, 2.75) is 31.7 Å². The first kappa shape index (κ1) is 14.4. The molecule has 4 heteroatoms. The van der Waals surface area contributed by atoms with Crippen molar-refractivity contribution in [1.29, 1.82) is 0 Å². The Bertz CT molecular complexity index is 493. The molecular formula is C17H24N2O2. The maximum Gasteiger partial charge on any atom is 0.257 e. The summed E-state index contributed by atoms with van der Waals surface area (Å²) < 4.78 is 5.34. The summed E-state index contributed by atoms with van der Waals surface area (Å²) in [4.78, 5) is 14.9. The fraction of sp³-hybridized carbons (Fsp3) is 0.588. The molecule has 1 heterocycles. The normalized spacial score (nSPS) is 21.3. The minimum atomic E-state index is 0.105. The Labute approximate surface area is 126 Å². The number of carbonyl (C=O) groups excluding carboxylic acids is 1. The van der Waals surface area contributed by atoms with Gasteiger partial charge in [-0.3, -0.25) is 4.79 Å². The SMILES string of the molecule is COc1ccccc1C(=O)N(CC1CC1)CC1CCCN1. The van der Waals surface area contributed by atoms with E-state index in [1.54, 1.807) is 7.11 Å². The van der Waals surface area contributed by atoms with Gasteiger partial charge in [0.2, 0.25) is 0 Å². The third kappa shape index (κ3) is 3.56. The first-order chi connectivity index (χ1) is 10.3. The highest BCUT2D eigenvalue weighted by molar-refractivity contribution is 5.97. The average molecular weight is 288 g/mol. The number of hydrogen-bond acceptors (Lipinski definition) is 3. The number of methoxy groups -OCH3 is 1. The molecular weight excluding hydrogens is 264 g/mol. The highest BCUT2D eigenvalue weighted by Crippen LogP contribution is 2.31. The monoisotopic (exact) mass is 288 g/mol. The predicted molar refractivity (Wildman–Crippen MR) is 82.6 cm³/mol. The lowest BCUT2D eigenvalue weighted by atomic mass is 10.1. The standard InChI is InChI=1S/C17H24N2O2/c1-21-16-7-3-2-6-15(16)17(20)19(11-13-8-9-13)12-14-5-4-10-18-14/h2-3,6-7,13-14,18H,4-5,8-12H2,1H3. The number of benzene rings is 1. The van der Waals surface area contributed by atoms with Gasteiger partial charge in [-0.1, -0.05) is 12.1 Å². The van der Waals surface area contributed by atoms with Crippen LogP contribution in [0.1, 0.15) is 36.0 Å². The van der Waals surface area contributed by atoms with E-state index in [1.165, 1.54) is 25.7 Å². The molecule has 114 valence electrons. The summed E-state index contributed by atoms with van der Waals surface area (Å²) in [5.74, 6) is 1.47. The molecule has 0 radical (unpaired) electrons. The van der Waals surface area contributed by atoms with Gasteiger partial charge in [0.05, 0.1) is 12.7 Å². The molecule has 3 rings (SSSR count). The lowest BCUT2D eigenvalue weighted by molar-refractivity contribution is 0.0730. The second kappa shape index (κ2) is 6.48. The van der Waals surface area contributed by atoms with E-state index < -0.39 is 0 Å². The fourth-order valence-corrected chi connectivity index (χ4v) is 3.02. The highest BCUT2D eigenvalue weighted by Gasteiger charge is 2.30. The molecule has 1 aromatic rings. The van der Waals surface area contributed by atoms with Crippen LogP contribution in [0.5, 0.6) is 5.75 Å². The van der Waals surface area contributed by atoms with Gasteiger partial charge >= 0.3 is 0 Å². The molecule has 2 fully saturated rings. The number of carbonyl (C=O) groups is 1. The third-order valence-corrected chi connectivity index (χ3v) is 4.40. The van der Waals surface area contributed by atoms with Gasteiger partial charge in [0.25, 0.3) is 5.91 Å². The van der Waals surface area contributed by atoms with Gasteiger partial charge in [0, 0.05) is 19.1 Å². The van der Waals surface area contributed by atoms with E-state index >= 15 is 0 Å². The van der Waals surface area contributed by atoms with Crippen LogP contribution in [0.2, 0.25) is 0 Å². The van der Waals surface area contributed by atoms with Crippen LogP contribution in [0, 0.1) is 5.92 Å². The van der Waals surface area contributed by atoms with E-state index in [9.17, 15) is 4.79 Å². The number of amides is 1. The van der Waals surface area contributed by atoms with Crippen molar-refractivity contribution < 1.29 is 9.53 Å². The molecule has 1 aliphatic carbocycles. The fourth-order valence-electron chi connectivity index (χ4n) is 3.02. The maximum atomic E-state index is 12.9. The summed E-state index contributed by atoms with van der Waals surface area (Å²) in [6, 6.07) is 7.97. The zero-order valence-electron chi connectivity index (χ0n) is 12.7. The zero-order chi connectivity index (χ0) is 14.7. The van der Waals surface area contributed by atoms with Gasteiger partial charge in [0.1, 0.15) is 5.75 Å². The number of nitrogens with zero attached hydrogens (tertiary/aromatic N) is 1. The Morgan fingerprint density at radius 2 is 2.10 bits per heavy atom. The number of hydrogen-bond donors (Lipinski definition) is 1. The van der Waals surface area contributed by atoms with E-state index in [4.69, 9.17) is 4.74 Å². The average Bonchev–Trinajstić information content (AvgIpc) is 3.19. The molecule has 1 atom stereocenters. The Balaban J connectivity index is 1.75. The lowest BCUT2D eigenvalue weighted by Gasteiger charge is -2.26. The van der Waals surface area contributed by atoms with Crippen LogP contribution in [0.15, 0.2) is 24.3 Å². The first-order valence-corrected chi connectivity index (χ1v) is 7.93. The zero-order valence-corrected chi connectivity index (χ0v) is 12.7. The van der Waals surface area contributed by atoms with Crippen LogP contribution < -0.4 is 10.1 Å². The number of rotatable bonds is 6. The van der Waals surface area contributed by atoms with Gasteiger partial charge in [-0.15, -0.1) is 0 Å². The summed E-state index contributed by atoms with van der Waals surface area (Å²) in [5.41, 5.74) is 0.679. The van der Waals surface area contributed by atoms with E-state index in [1.807, 2.05) is 29.2 Å². The van der Waals surface area contributed by atoms with Gasteiger partial charge in [-0.2, -0.15) is 0 Å². The molecule has 0 bridgehead atoms.